The lowest BCUT2D eigenvalue weighted by Crippen LogP contribution is -2.43. The van der Waals surface area contributed by atoms with Crippen LogP contribution in [0.3, 0.4) is 0 Å². The average molecular weight is 514 g/mol. The molecule has 184 valence electrons. The number of halogens is 1. The summed E-state index contributed by atoms with van der Waals surface area (Å²) in [4.78, 5) is 13.0. The van der Waals surface area contributed by atoms with E-state index in [1.54, 1.807) is 31.2 Å². The topological polar surface area (TPSA) is 92.5 Å². The predicted octanol–water partition coefficient (Wildman–Crippen LogP) is 5.46. The van der Waals surface area contributed by atoms with Crippen molar-refractivity contribution in [3.63, 3.8) is 0 Å². The van der Waals surface area contributed by atoms with Gasteiger partial charge in [0, 0.05) is 23.8 Å². The lowest BCUT2D eigenvalue weighted by Gasteiger charge is -2.31. The minimum Gasteiger partial charge on any atom is -0.355 e. The fourth-order valence-electron chi connectivity index (χ4n) is 4.07. The number of carbonyl (C=O) groups is 1. The first-order valence-electron chi connectivity index (χ1n) is 11.4. The van der Waals surface area contributed by atoms with E-state index in [0.717, 1.165) is 16.7 Å². The van der Waals surface area contributed by atoms with Crippen molar-refractivity contribution in [1.82, 2.24) is 9.46 Å². The van der Waals surface area contributed by atoms with Gasteiger partial charge in [-0.25, -0.2) is 8.42 Å². The SMILES string of the molecule is Cc1ccc(/C=C/c2onc(C)c2S(=O)(=O)N2CCC[C@@H](C(=O)Nc3ccc(C)c(Cl)c3)C2)cc1. The molecule has 1 aliphatic heterocycles. The van der Waals surface area contributed by atoms with E-state index in [1.807, 2.05) is 44.2 Å². The van der Waals surface area contributed by atoms with Crippen LogP contribution >= 0.6 is 11.6 Å². The number of hydrogen-bond donors (Lipinski definition) is 1. The highest BCUT2D eigenvalue weighted by atomic mass is 35.5. The number of rotatable bonds is 6. The van der Waals surface area contributed by atoms with Gasteiger partial charge in [0.2, 0.25) is 15.9 Å². The van der Waals surface area contributed by atoms with Crippen LogP contribution in [0.2, 0.25) is 5.02 Å². The zero-order valence-corrected chi connectivity index (χ0v) is 21.5. The molecule has 0 unspecified atom stereocenters. The zero-order valence-electron chi connectivity index (χ0n) is 19.9. The molecule has 4 rings (SSSR count). The summed E-state index contributed by atoms with van der Waals surface area (Å²) in [6.07, 6.45) is 4.58. The number of nitrogens with zero attached hydrogens (tertiary/aromatic N) is 2. The second-order valence-corrected chi connectivity index (χ2v) is 11.1. The summed E-state index contributed by atoms with van der Waals surface area (Å²) in [5, 5.41) is 7.33. The Morgan fingerprint density at radius 1 is 1.14 bits per heavy atom. The average Bonchev–Trinajstić information content (AvgIpc) is 3.22. The lowest BCUT2D eigenvalue weighted by atomic mass is 9.98. The Morgan fingerprint density at radius 2 is 1.89 bits per heavy atom. The van der Waals surface area contributed by atoms with Gasteiger partial charge in [-0.15, -0.1) is 0 Å². The van der Waals surface area contributed by atoms with Gasteiger partial charge in [-0.3, -0.25) is 4.79 Å². The summed E-state index contributed by atoms with van der Waals surface area (Å²) in [5.74, 6) is -0.541. The Labute approximate surface area is 210 Å². The van der Waals surface area contributed by atoms with Gasteiger partial charge in [0.25, 0.3) is 0 Å². The third-order valence-electron chi connectivity index (χ3n) is 6.13. The summed E-state index contributed by atoms with van der Waals surface area (Å²) < 4.78 is 33.9. The maximum atomic E-state index is 13.6. The lowest BCUT2D eigenvalue weighted by molar-refractivity contribution is -0.120. The normalized spacial score (nSPS) is 17.1. The van der Waals surface area contributed by atoms with Gasteiger partial charge in [0.15, 0.2) is 10.7 Å². The number of anilines is 1. The summed E-state index contributed by atoms with van der Waals surface area (Å²) in [6, 6.07) is 13.1. The van der Waals surface area contributed by atoms with Gasteiger partial charge in [-0.1, -0.05) is 58.7 Å². The van der Waals surface area contributed by atoms with Gasteiger partial charge in [0.05, 0.1) is 5.92 Å². The van der Waals surface area contributed by atoms with Gasteiger partial charge < -0.3 is 9.84 Å². The van der Waals surface area contributed by atoms with E-state index in [0.29, 0.717) is 30.1 Å². The number of sulfonamides is 1. The van der Waals surface area contributed by atoms with Crippen LogP contribution in [0.25, 0.3) is 12.2 Å². The molecule has 0 aliphatic carbocycles. The van der Waals surface area contributed by atoms with Crippen LogP contribution in [0.1, 0.15) is 41.0 Å². The fraction of sp³-hybridized carbons (Fsp3) is 0.308. The molecule has 2 heterocycles. The van der Waals surface area contributed by atoms with Crippen molar-refractivity contribution in [1.29, 1.82) is 0 Å². The quantitative estimate of drug-likeness (QED) is 0.472. The van der Waals surface area contributed by atoms with Crippen molar-refractivity contribution in [3.05, 3.63) is 75.6 Å². The monoisotopic (exact) mass is 513 g/mol. The molecule has 9 heteroatoms. The number of piperidine rings is 1. The summed E-state index contributed by atoms with van der Waals surface area (Å²) in [5.41, 5.74) is 3.84. The molecule has 1 aromatic heterocycles. The van der Waals surface area contributed by atoms with E-state index in [2.05, 4.69) is 10.5 Å². The first kappa shape index (κ1) is 25.2. The number of nitrogens with one attached hydrogen (secondary N) is 1. The molecule has 0 bridgehead atoms. The van der Waals surface area contributed by atoms with E-state index >= 15 is 0 Å². The fourth-order valence-corrected chi connectivity index (χ4v) is 6.02. The molecular formula is C26H28ClN3O4S. The number of hydrogen-bond acceptors (Lipinski definition) is 5. The molecule has 0 radical (unpaired) electrons. The Morgan fingerprint density at radius 3 is 2.60 bits per heavy atom. The number of aryl methyl sites for hydroxylation is 3. The molecule has 2 aromatic carbocycles. The largest absolute Gasteiger partial charge is 0.355 e. The third-order valence-corrected chi connectivity index (χ3v) is 8.56. The van der Waals surface area contributed by atoms with Gasteiger partial charge >= 0.3 is 0 Å². The molecule has 0 spiro atoms. The van der Waals surface area contributed by atoms with Crippen molar-refractivity contribution >= 4 is 45.4 Å². The Balaban J connectivity index is 1.52. The minimum absolute atomic E-state index is 0.0345. The first-order chi connectivity index (χ1) is 16.6. The molecule has 3 aromatic rings. The third kappa shape index (κ3) is 5.66. The summed E-state index contributed by atoms with van der Waals surface area (Å²) >= 11 is 6.17. The van der Waals surface area contributed by atoms with Crippen molar-refractivity contribution in [2.45, 2.75) is 38.5 Å². The van der Waals surface area contributed by atoms with Crippen LogP contribution in [-0.4, -0.2) is 36.9 Å². The van der Waals surface area contributed by atoms with Crippen LogP contribution in [0.15, 0.2) is 51.9 Å². The number of benzene rings is 2. The van der Waals surface area contributed by atoms with Gasteiger partial charge in [-0.05, 0) is 62.9 Å². The van der Waals surface area contributed by atoms with E-state index in [1.165, 1.54) is 4.31 Å². The van der Waals surface area contributed by atoms with E-state index < -0.39 is 15.9 Å². The highest BCUT2D eigenvalue weighted by Gasteiger charge is 2.37. The predicted molar refractivity (Wildman–Crippen MR) is 138 cm³/mol. The molecule has 1 fully saturated rings. The molecule has 35 heavy (non-hydrogen) atoms. The maximum Gasteiger partial charge on any atom is 0.248 e. The molecule has 1 atom stereocenters. The van der Waals surface area contributed by atoms with Crippen molar-refractivity contribution < 1.29 is 17.7 Å². The van der Waals surface area contributed by atoms with Crippen LogP contribution in [0.4, 0.5) is 5.69 Å². The molecule has 7 nitrogen and oxygen atoms in total. The second kappa shape index (κ2) is 10.4. The van der Waals surface area contributed by atoms with E-state index in [9.17, 15) is 13.2 Å². The molecule has 0 saturated carbocycles. The molecule has 1 N–H and O–H groups in total. The standard InChI is InChI=1S/C26H28ClN3O4S/c1-17-6-9-20(10-7-17)11-13-24-25(19(3)29-34-24)35(32,33)30-14-4-5-21(16-30)26(31)28-22-12-8-18(2)23(27)15-22/h6-13,15,21H,4-5,14,16H2,1-3H3,(H,28,31)/b13-11+/t21-/m1/s1. The molecule has 1 aliphatic rings. The van der Waals surface area contributed by atoms with Gasteiger partial charge in [-0.2, -0.15) is 4.31 Å². The Bertz CT molecular complexity index is 1360. The summed E-state index contributed by atoms with van der Waals surface area (Å²) in [6.45, 7) is 5.90. The molecule has 1 amide bonds. The van der Waals surface area contributed by atoms with Crippen LogP contribution in [0.5, 0.6) is 0 Å². The van der Waals surface area contributed by atoms with Crippen molar-refractivity contribution in [2.24, 2.45) is 5.92 Å². The Hall–Kier alpha value is -2.94. The molecular weight excluding hydrogens is 486 g/mol. The van der Waals surface area contributed by atoms with Crippen LogP contribution in [-0.2, 0) is 14.8 Å². The number of carbonyl (C=O) groups excluding carboxylic acids is 1. The van der Waals surface area contributed by atoms with Crippen LogP contribution in [0, 0.1) is 26.7 Å². The van der Waals surface area contributed by atoms with Crippen molar-refractivity contribution in [2.75, 3.05) is 18.4 Å². The maximum absolute atomic E-state index is 13.6. The highest BCUT2D eigenvalue weighted by Crippen LogP contribution is 2.30. The molecule has 1 saturated heterocycles. The van der Waals surface area contributed by atoms with Crippen LogP contribution < -0.4 is 5.32 Å². The minimum atomic E-state index is -3.92. The van der Waals surface area contributed by atoms with E-state index in [4.69, 9.17) is 16.1 Å². The number of aromatic nitrogens is 1. The van der Waals surface area contributed by atoms with Crippen molar-refractivity contribution in [3.8, 4) is 0 Å². The zero-order chi connectivity index (χ0) is 25.2. The number of amides is 1. The highest BCUT2D eigenvalue weighted by molar-refractivity contribution is 7.89. The Kier molecular flexibility index (Phi) is 7.44. The first-order valence-corrected chi connectivity index (χ1v) is 13.2. The summed E-state index contributed by atoms with van der Waals surface area (Å²) in [7, 11) is -3.92. The van der Waals surface area contributed by atoms with Gasteiger partial charge in [0.1, 0.15) is 5.69 Å². The second-order valence-electron chi connectivity index (χ2n) is 8.86. The smallest absolute Gasteiger partial charge is 0.248 e. The van der Waals surface area contributed by atoms with E-state index in [-0.39, 0.29) is 28.8 Å².